The average Bonchev–Trinajstić information content (AvgIpc) is 2.76. The lowest BCUT2D eigenvalue weighted by atomic mass is 10.3. The van der Waals surface area contributed by atoms with E-state index in [2.05, 4.69) is 22.9 Å². The van der Waals surface area contributed by atoms with Crippen molar-refractivity contribution in [3.63, 3.8) is 0 Å². The SMILES string of the molecule is CCN(CCC(=N)N)Cc1nc2ccccc2s1. The van der Waals surface area contributed by atoms with E-state index in [1.165, 1.54) is 4.70 Å². The Morgan fingerprint density at radius 3 is 2.89 bits per heavy atom. The second-order valence-electron chi connectivity index (χ2n) is 4.22. The number of hydrogen-bond donors (Lipinski definition) is 2. The molecule has 0 aliphatic heterocycles. The van der Waals surface area contributed by atoms with Crippen LogP contribution in [0.25, 0.3) is 10.2 Å². The number of nitrogens with one attached hydrogen (secondary N) is 1. The van der Waals surface area contributed by atoms with Crippen LogP contribution in [0.4, 0.5) is 0 Å². The molecule has 0 aliphatic rings. The van der Waals surface area contributed by atoms with E-state index in [1.807, 2.05) is 18.2 Å². The molecule has 0 radical (unpaired) electrons. The van der Waals surface area contributed by atoms with E-state index in [-0.39, 0.29) is 5.84 Å². The fourth-order valence-electron chi connectivity index (χ4n) is 1.81. The molecule has 5 heteroatoms. The van der Waals surface area contributed by atoms with Gasteiger partial charge in [0.25, 0.3) is 0 Å². The molecule has 1 aromatic carbocycles. The van der Waals surface area contributed by atoms with E-state index in [4.69, 9.17) is 11.1 Å². The zero-order valence-corrected chi connectivity index (χ0v) is 11.3. The second kappa shape index (κ2) is 5.93. The molecule has 96 valence electrons. The number of para-hydroxylation sites is 1. The van der Waals surface area contributed by atoms with Gasteiger partial charge in [-0.1, -0.05) is 19.1 Å². The summed E-state index contributed by atoms with van der Waals surface area (Å²) < 4.78 is 1.23. The molecular formula is C13H18N4S. The van der Waals surface area contributed by atoms with Crippen LogP contribution < -0.4 is 5.73 Å². The monoisotopic (exact) mass is 262 g/mol. The van der Waals surface area contributed by atoms with Gasteiger partial charge >= 0.3 is 0 Å². The number of benzene rings is 1. The summed E-state index contributed by atoms with van der Waals surface area (Å²) in [5, 5.41) is 8.39. The van der Waals surface area contributed by atoms with Gasteiger partial charge in [0, 0.05) is 13.0 Å². The number of nitrogens with two attached hydrogens (primary N) is 1. The summed E-state index contributed by atoms with van der Waals surface area (Å²) in [5.41, 5.74) is 6.46. The molecule has 0 saturated heterocycles. The standard InChI is InChI=1S/C13H18N4S/c1-2-17(8-7-12(14)15)9-13-16-10-5-3-4-6-11(10)18-13/h3-6H,2,7-9H2,1H3,(H3,14,15). The number of rotatable bonds is 6. The molecule has 2 aromatic rings. The van der Waals surface area contributed by atoms with Crippen LogP contribution in [0.3, 0.4) is 0 Å². The minimum Gasteiger partial charge on any atom is -0.388 e. The molecule has 0 unspecified atom stereocenters. The fraction of sp³-hybridized carbons (Fsp3) is 0.385. The van der Waals surface area contributed by atoms with E-state index in [0.717, 1.165) is 30.2 Å². The molecule has 0 saturated carbocycles. The van der Waals surface area contributed by atoms with Crippen LogP contribution in [-0.2, 0) is 6.54 Å². The van der Waals surface area contributed by atoms with Crippen molar-refractivity contribution in [1.82, 2.24) is 9.88 Å². The minimum absolute atomic E-state index is 0.248. The molecule has 0 amide bonds. The molecule has 4 nitrogen and oxygen atoms in total. The van der Waals surface area contributed by atoms with Gasteiger partial charge in [0.1, 0.15) is 5.01 Å². The van der Waals surface area contributed by atoms with Gasteiger partial charge in [-0.2, -0.15) is 0 Å². The van der Waals surface area contributed by atoms with Crippen molar-refractivity contribution in [2.45, 2.75) is 19.9 Å². The van der Waals surface area contributed by atoms with Crippen LogP contribution in [0.15, 0.2) is 24.3 Å². The Labute approximate surface area is 111 Å². The summed E-state index contributed by atoms with van der Waals surface area (Å²) in [5.74, 6) is 0.248. The zero-order chi connectivity index (χ0) is 13.0. The predicted octanol–water partition coefficient (Wildman–Crippen LogP) is 2.44. The van der Waals surface area contributed by atoms with Crippen molar-refractivity contribution in [3.05, 3.63) is 29.3 Å². The molecule has 1 aromatic heterocycles. The predicted molar refractivity (Wildman–Crippen MR) is 77.1 cm³/mol. The Bertz CT molecular complexity index is 502. The highest BCUT2D eigenvalue weighted by Gasteiger charge is 2.08. The summed E-state index contributed by atoms with van der Waals surface area (Å²) >= 11 is 1.74. The van der Waals surface area contributed by atoms with Gasteiger partial charge in [-0.05, 0) is 18.7 Å². The maximum Gasteiger partial charge on any atom is 0.108 e. The van der Waals surface area contributed by atoms with Gasteiger partial charge in [-0.25, -0.2) is 4.98 Å². The van der Waals surface area contributed by atoms with Crippen molar-refractivity contribution in [3.8, 4) is 0 Å². The maximum absolute atomic E-state index is 7.27. The van der Waals surface area contributed by atoms with Crippen LogP contribution in [0.1, 0.15) is 18.4 Å². The fourth-order valence-corrected chi connectivity index (χ4v) is 2.82. The van der Waals surface area contributed by atoms with Gasteiger partial charge in [-0.15, -0.1) is 11.3 Å². The van der Waals surface area contributed by atoms with E-state index in [0.29, 0.717) is 6.42 Å². The lowest BCUT2D eigenvalue weighted by molar-refractivity contribution is 0.288. The average molecular weight is 262 g/mol. The Kier molecular flexibility index (Phi) is 4.28. The first-order valence-electron chi connectivity index (χ1n) is 6.08. The van der Waals surface area contributed by atoms with E-state index in [1.54, 1.807) is 11.3 Å². The minimum atomic E-state index is 0.248. The highest BCUT2D eigenvalue weighted by molar-refractivity contribution is 7.18. The highest BCUT2D eigenvalue weighted by Crippen LogP contribution is 2.22. The molecule has 3 N–H and O–H groups in total. The van der Waals surface area contributed by atoms with Crippen molar-refractivity contribution >= 4 is 27.4 Å². The zero-order valence-electron chi connectivity index (χ0n) is 10.5. The molecule has 0 bridgehead atoms. The van der Waals surface area contributed by atoms with Crippen molar-refractivity contribution in [1.29, 1.82) is 5.41 Å². The molecule has 0 fully saturated rings. The van der Waals surface area contributed by atoms with Gasteiger partial charge in [0.05, 0.1) is 22.6 Å². The maximum atomic E-state index is 7.27. The highest BCUT2D eigenvalue weighted by atomic mass is 32.1. The molecular weight excluding hydrogens is 244 g/mol. The molecule has 0 atom stereocenters. The van der Waals surface area contributed by atoms with Crippen LogP contribution in [0.2, 0.25) is 0 Å². The van der Waals surface area contributed by atoms with Crippen molar-refractivity contribution < 1.29 is 0 Å². The third-order valence-electron chi connectivity index (χ3n) is 2.84. The van der Waals surface area contributed by atoms with E-state index >= 15 is 0 Å². The molecule has 0 spiro atoms. The number of thiazole rings is 1. The molecule has 2 rings (SSSR count). The van der Waals surface area contributed by atoms with Crippen molar-refractivity contribution in [2.24, 2.45) is 5.73 Å². The normalized spacial score (nSPS) is 11.2. The first kappa shape index (κ1) is 13.0. The first-order valence-corrected chi connectivity index (χ1v) is 6.90. The number of fused-ring (bicyclic) bond motifs is 1. The van der Waals surface area contributed by atoms with Gasteiger partial charge in [0.2, 0.25) is 0 Å². The largest absolute Gasteiger partial charge is 0.388 e. The second-order valence-corrected chi connectivity index (χ2v) is 5.33. The number of nitrogens with zero attached hydrogens (tertiary/aromatic N) is 2. The summed E-state index contributed by atoms with van der Waals surface area (Å²) in [4.78, 5) is 6.88. The number of aromatic nitrogens is 1. The van der Waals surface area contributed by atoms with Crippen LogP contribution in [-0.4, -0.2) is 28.8 Å². The molecule has 18 heavy (non-hydrogen) atoms. The van der Waals surface area contributed by atoms with Crippen LogP contribution in [0, 0.1) is 5.41 Å². The Balaban J connectivity index is 2.04. The Hall–Kier alpha value is -1.46. The Morgan fingerprint density at radius 1 is 1.44 bits per heavy atom. The smallest absolute Gasteiger partial charge is 0.108 e. The summed E-state index contributed by atoms with van der Waals surface area (Å²) in [7, 11) is 0. The van der Waals surface area contributed by atoms with E-state index in [9.17, 15) is 0 Å². The van der Waals surface area contributed by atoms with Crippen LogP contribution >= 0.6 is 11.3 Å². The molecule has 0 aliphatic carbocycles. The van der Waals surface area contributed by atoms with Gasteiger partial charge < -0.3 is 5.73 Å². The first-order chi connectivity index (χ1) is 8.69. The van der Waals surface area contributed by atoms with Gasteiger partial charge in [-0.3, -0.25) is 10.3 Å². The topological polar surface area (TPSA) is 66.0 Å². The summed E-state index contributed by atoms with van der Waals surface area (Å²) in [6, 6.07) is 8.19. The third-order valence-corrected chi connectivity index (χ3v) is 3.86. The van der Waals surface area contributed by atoms with Crippen LogP contribution in [0.5, 0.6) is 0 Å². The van der Waals surface area contributed by atoms with Gasteiger partial charge in [0.15, 0.2) is 0 Å². The molecule has 1 heterocycles. The summed E-state index contributed by atoms with van der Waals surface area (Å²) in [6.07, 6.45) is 0.624. The summed E-state index contributed by atoms with van der Waals surface area (Å²) in [6.45, 7) is 4.72. The van der Waals surface area contributed by atoms with Crippen molar-refractivity contribution in [2.75, 3.05) is 13.1 Å². The van der Waals surface area contributed by atoms with E-state index < -0.39 is 0 Å². The number of amidine groups is 1. The third kappa shape index (κ3) is 3.27. The Morgan fingerprint density at radius 2 is 2.22 bits per heavy atom. The number of hydrogen-bond acceptors (Lipinski definition) is 4. The quantitative estimate of drug-likeness (QED) is 0.620. The lowest BCUT2D eigenvalue weighted by Crippen LogP contribution is -2.27. The lowest BCUT2D eigenvalue weighted by Gasteiger charge is -2.18.